The van der Waals surface area contributed by atoms with E-state index in [1.54, 1.807) is 0 Å². The molecule has 22 nitrogen and oxygen atoms in total. The summed E-state index contributed by atoms with van der Waals surface area (Å²) in [6.45, 7) is 0. The molecule has 0 saturated carbocycles. The van der Waals surface area contributed by atoms with Gasteiger partial charge in [0.1, 0.15) is 0 Å². The van der Waals surface area contributed by atoms with E-state index >= 15 is 0 Å². The molecule has 0 atom stereocenters. The van der Waals surface area contributed by atoms with Gasteiger partial charge in [0, 0.05) is 0 Å². The molecule has 32 heteroatoms. The van der Waals surface area contributed by atoms with Crippen molar-refractivity contribution in [2.75, 3.05) is 0 Å². The summed E-state index contributed by atoms with van der Waals surface area (Å²) in [6, 6.07) is 0. The predicted molar refractivity (Wildman–Crippen MR) is 34.5 cm³/mol. The van der Waals surface area contributed by atoms with Crippen LogP contribution in [0.15, 0.2) is 0 Å². The van der Waals surface area contributed by atoms with Crippen LogP contribution in [0.4, 0.5) is 0 Å². The molecule has 0 unspecified atom stereocenters. The third-order valence-electron chi connectivity index (χ3n) is 0. The SMILES string of the molecule is O=P([O-])([O-])[O-].O=P([O-])([O-])[O-].O=P([O-])([O-])[O-].O=P([O-])([O-])[O-].[Cu+2].[Cu+2].[Cu+2].[O]=[U+2]=[O].[O]=[U+2]=[O].[O]=[U+2]=[O]. The summed E-state index contributed by atoms with van der Waals surface area (Å²) in [4.78, 5) is 103. The third kappa shape index (κ3) is 2360. The molecule has 3 radical (unpaired) electrons. The molecule has 0 aliphatic heterocycles. The molecule has 0 aromatic rings. The molecule has 0 saturated heterocycles. The zero-order chi connectivity index (χ0) is 26.1. The van der Waals surface area contributed by atoms with E-state index in [9.17, 15) is 0 Å². The molecule has 197 valence electrons. The molecule has 0 rings (SSSR count). The Morgan fingerprint density at radius 3 is 0.312 bits per heavy atom. The Morgan fingerprint density at radius 2 is 0.312 bits per heavy atom. The van der Waals surface area contributed by atoms with Crippen molar-refractivity contribution in [3.8, 4) is 0 Å². The molecule has 0 aliphatic carbocycles. The van der Waals surface area contributed by atoms with Crippen LogP contribution in [0.3, 0.4) is 0 Å². The van der Waals surface area contributed by atoms with Crippen LogP contribution in [0.25, 0.3) is 0 Å². The Labute approximate surface area is 252 Å². The van der Waals surface area contributed by atoms with E-state index in [1.807, 2.05) is 0 Å². The molecule has 0 amide bonds. The standard InChI is InChI=1S/3Cu.4H3O4P.6O.3U/c;;;4*1-5(2,3)4;;;;;;;;;/h;;;4*(H3,1,2,3,4);;;;;;;;;/q3*+2;;;;;;;;;;;3*+2/p-12. The van der Waals surface area contributed by atoms with Gasteiger partial charge in [-0.25, -0.2) is 0 Å². The number of hydrogen-bond acceptors (Lipinski definition) is 22. The summed E-state index contributed by atoms with van der Waals surface area (Å²) in [5.41, 5.74) is 0. The fourth-order valence-corrected chi connectivity index (χ4v) is 0. The third-order valence-corrected chi connectivity index (χ3v) is 0. The fraction of sp³-hybridized carbons (Fsp3) is 0. The number of hydrogen-bond donors (Lipinski definition) is 0. The van der Waals surface area contributed by atoms with Crippen LogP contribution < -0.4 is 58.7 Å². The van der Waals surface area contributed by atoms with Crippen molar-refractivity contribution < 1.29 is 225 Å². The monoisotopic (exact) mass is 1380 g/mol. The van der Waals surface area contributed by atoms with Gasteiger partial charge in [0.2, 0.25) is 0 Å². The van der Waals surface area contributed by atoms with E-state index in [0.29, 0.717) is 0 Å². The second-order valence-electron chi connectivity index (χ2n) is 2.04. The molecule has 0 bridgehead atoms. The Hall–Kier alpha value is 3.95. The van der Waals surface area contributed by atoms with Crippen LogP contribution in [0.2, 0.25) is 0 Å². The first-order chi connectivity index (χ1) is 12.2. The maximum absolute atomic E-state index is 8.58. The van der Waals surface area contributed by atoms with Crippen molar-refractivity contribution in [1.29, 1.82) is 0 Å². The summed E-state index contributed by atoms with van der Waals surface area (Å²) in [6.07, 6.45) is 0. The van der Waals surface area contributed by atoms with Gasteiger partial charge in [-0.3, -0.25) is 0 Å². The molecular weight excluding hydrogens is 1380 g/mol. The quantitative estimate of drug-likeness (QED) is 0.160. The van der Waals surface area contributed by atoms with Gasteiger partial charge < -0.3 is 77.0 Å². The van der Waals surface area contributed by atoms with Gasteiger partial charge in [0.05, 0.1) is 0 Å². The second kappa shape index (κ2) is 42.1. The van der Waals surface area contributed by atoms with E-state index in [-0.39, 0.29) is 51.2 Å². The topological polar surface area (TPSA) is 447 Å². The first-order valence-electron chi connectivity index (χ1n) is 4.15. The van der Waals surface area contributed by atoms with E-state index in [4.69, 9.17) is 90.4 Å². The van der Waals surface area contributed by atoms with Gasteiger partial charge >= 0.3 is 148 Å². The fourth-order valence-electron chi connectivity index (χ4n) is 0. The second-order valence-corrected chi connectivity index (χ2v) is 7.70. The zero-order valence-corrected chi connectivity index (χ0v) is 32.1. The predicted octanol–water partition coefficient (Wildman–Crippen LogP) is -12.0. The maximum atomic E-state index is 8.58. The van der Waals surface area contributed by atoms with Crippen LogP contribution in [-0.2, 0) is 82.9 Å². The van der Waals surface area contributed by atoms with Gasteiger partial charge in [-0.1, -0.05) is 0 Å². The molecule has 0 spiro atoms. The van der Waals surface area contributed by atoms with E-state index in [2.05, 4.69) is 0 Å². The van der Waals surface area contributed by atoms with Crippen molar-refractivity contribution in [2.45, 2.75) is 0 Å². The number of phosphoric acid groups is 4. The molecular formula is Cu3O22P4U3. The Bertz CT molecular complexity index is 504. The Balaban J connectivity index is -0.0000000220. The minimum atomic E-state index is -5.39. The van der Waals surface area contributed by atoms with E-state index < -0.39 is 115 Å². The summed E-state index contributed by atoms with van der Waals surface area (Å²) in [5.74, 6) is 0. The van der Waals surface area contributed by atoms with Crippen LogP contribution in [0.5, 0.6) is 0 Å². The van der Waals surface area contributed by atoms with Crippen LogP contribution in [-0.4, -0.2) is 0 Å². The Kier molecular flexibility index (Phi) is 85.7. The number of rotatable bonds is 0. The van der Waals surface area contributed by atoms with Gasteiger partial charge in [-0.15, -0.1) is 0 Å². The minimum absolute atomic E-state index is 0. The summed E-state index contributed by atoms with van der Waals surface area (Å²) < 4.78 is 85.7. The Morgan fingerprint density at radius 1 is 0.312 bits per heavy atom. The van der Waals surface area contributed by atoms with Crippen molar-refractivity contribution in [3.63, 3.8) is 0 Å². The van der Waals surface area contributed by atoms with Crippen molar-refractivity contribution >= 4 is 31.3 Å². The van der Waals surface area contributed by atoms with Crippen LogP contribution in [0.1, 0.15) is 0 Å². The summed E-state index contributed by atoms with van der Waals surface area (Å²) >= 11 is -7.52. The van der Waals surface area contributed by atoms with E-state index in [1.165, 1.54) is 0 Å². The molecule has 0 aromatic carbocycles. The van der Waals surface area contributed by atoms with Gasteiger partial charge in [-0.2, -0.15) is 31.3 Å². The average Bonchev–Trinajstić information content (AvgIpc) is 2.20. The molecule has 0 fully saturated rings. The van der Waals surface area contributed by atoms with Gasteiger partial charge in [0.15, 0.2) is 0 Å². The molecule has 0 N–H and O–H groups in total. The van der Waals surface area contributed by atoms with Gasteiger partial charge in [0.25, 0.3) is 0 Å². The van der Waals surface area contributed by atoms with Crippen molar-refractivity contribution in [2.24, 2.45) is 0 Å². The van der Waals surface area contributed by atoms with Crippen molar-refractivity contribution in [3.05, 3.63) is 0 Å². The first kappa shape index (κ1) is 65.2. The van der Waals surface area contributed by atoms with Crippen LogP contribution >= 0.6 is 31.3 Å². The summed E-state index contributed by atoms with van der Waals surface area (Å²) in [5, 5.41) is 0. The normalized spacial score (nSPS) is 8.12. The molecule has 0 aromatic heterocycles. The molecule has 0 heterocycles. The van der Waals surface area contributed by atoms with Gasteiger partial charge in [-0.05, 0) is 0 Å². The summed E-state index contributed by atoms with van der Waals surface area (Å²) in [7, 11) is -21.6. The van der Waals surface area contributed by atoms with E-state index in [0.717, 1.165) is 0 Å². The molecule has 32 heavy (non-hydrogen) atoms. The average molecular weight is 1380 g/mol. The molecule has 0 aliphatic rings. The zero-order valence-electron chi connectivity index (χ0n) is 13.2. The van der Waals surface area contributed by atoms with Crippen molar-refractivity contribution in [1.82, 2.24) is 0 Å². The van der Waals surface area contributed by atoms with Crippen LogP contribution in [0, 0.1) is 83.5 Å². The first-order valence-corrected chi connectivity index (χ1v) is 20.2.